The van der Waals surface area contributed by atoms with E-state index in [0.29, 0.717) is 16.3 Å². The summed E-state index contributed by atoms with van der Waals surface area (Å²) in [7, 11) is 1.59. The maximum atomic E-state index is 13.6. The Kier molecular flexibility index (Phi) is 3.65. The fraction of sp³-hybridized carbons (Fsp3) is 0.190. The van der Waals surface area contributed by atoms with Crippen LogP contribution in [-0.4, -0.2) is 42.0 Å². The molecule has 3 aromatic rings. The Morgan fingerprint density at radius 3 is 2.66 bits per heavy atom. The monoisotopic (exact) mass is 410 g/mol. The molecular weight excluding hydrogens is 396 g/mol. The Bertz CT molecular complexity index is 1280. The van der Waals surface area contributed by atoms with Gasteiger partial charge in [-0.2, -0.15) is 0 Å². The number of hydrogen-bond donors (Lipinski definition) is 1. The van der Waals surface area contributed by atoms with Crippen molar-refractivity contribution in [3.05, 3.63) is 74.6 Å². The van der Waals surface area contributed by atoms with Gasteiger partial charge in [-0.3, -0.25) is 14.4 Å². The predicted octanol–water partition coefficient (Wildman–Crippen LogP) is 2.11. The van der Waals surface area contributed by atoms with E-state index in [2.05, 4.69) is 0 Å². The number of aliphatic hydroxyl groups excluding tert-OH is 1. The summed E-state index contributed by atoms with van der Waals surface area (Å²) in [5.41, 5.74) is -0.908. The molecule has 2 amide bonds. The number of likely N-dealkylation sites (N-methyl/N-ethyl adjacent to an activating group) is 1. The lowest BCUT2D eigenvalue weighted by molar-refractivity contribution is -0.125. The molecule has 8 heteroatoms. The quantitative estimate of drug-likeness (QED) is 0.698. The molecule has 0 saturated carbocycles. The number of carbonyl (C=O) groups excluding carboxylic acids is 2. The maximum absolute atomic E-state index is 13.6. The lowest BCUT2D eigenvalue weighted by Crippen LogP contribution is -2.53. The van der Waals surface area contributed by atoms with Crippen LogP contribution >= 0.6 is 11.6 Å². The van der Waals surface area contributed by atoms with Crippen molar-refractivity contribution >= 4 is 40.1 Å². The highest BCUT2D eigenvalue weighted by molar-refractivity contribution is 6.31. The van der Waals surface area contributed by atoms with Crippen LogP contribution in [-0.2, 0) is 10.3 Å². The Morgan fingerprint density at radius 1 is 1.14 bits per heavy atom. The van der Waals surface area contributed by atoms with Gasteiger partial charge in [0.25, 0.3) is 11.8 Å². The van der Waals surface area contributed by atoms with Gasteiger partial charge in [-0.1, -0.05) is 29.8 Å². The van der Waals surface area contributed by atoms with Gasteiger partial charge in [0.15, 0.2) is 11.0 Å². The third kappa shape index (κ3) is 2.03. The Hall–Kier alpha value is -3.16. The molecular formula is C21H15ClN2O5. The zero-order chi connectivity index (χ0) is 20.5. The highest BCUT2D eigenvalue weighted by atomic mass is 35.5. The van der Waals surface area contributed by atoms with Crippen molar-refractivity contribution in [2.75, 3.05) is 25.1 Å². The molecule has 1 N–H and O–H groups in total. The molecule has 5 rings (SSSR count). The number of anilines is 1. The number of carbonyl (C=O) groups is 2. The van der Waals surface area contributed by atoms with E-state index in [0.717, 1.165) is 0 Å². The number of amides is 2. The van der Waals surface area contributed by atoms with Crippen molar-refractivity contribution in [3.8, 4) is 0 Å². The third-order valence-electron chi connectivity index (χ3n) is 5.65. The molecule has 1 spiro atoms. The topological polar surface area (TPSA) is 91.1 Å². The lowest BCUT2D eigenvalue weighted by Gasteiger charge is -2.33. The molecule has 2 aromatic carbocycles. The van der Waals surface area contributed by atoms with E-state index in [9.17, 15) is 19.5 Å². The molecule has 7 nitrogen and oxygen atoms in total. The van der Waals surface area contributed by atoms with E-state index in [4.69, 9.17) is 16.0 Å². The molecule has 2 aliphatic rings. The second-order valence-corrected chi connectivity index (χ2v) is 7.48. The first-order chi connectivity index (χ1) is 13.9. The molecule has 146 valence electrons. The second-order valence-electron chi connectivity index (χ2n) is 7.05. The van der Waals surface area contributed by atoms with Crippen LogP contribution in [0.4, 0.5) is 5.69 Å². The first-order valence-corrected chi connectivity index (χ1v) is 9.38. The second kappa shape index (κ2) is 5.92. The maximum Gasteiger partial charge on any atom is 0.291 e. The van der Waals surface area contributed by atoms with E-state index >= 15 is 0 Å². The molecule has 3 heterocycles. The number of hydrogen-bond acceptors (Lipinski definition) is 5. The number of benzene rings is 2. The number of halogens is 1. The molecule has 1 unspecified atom stereocenters. The average Bonchev–Trinajstić information content (AvgIpc) is 3.09. The van der Waals surface area contributed by atoms with Crippen molar-refractivity contribution in [2.24, 2.45) is 0 Å². The largest absolute Gasteiger partial charge is 0.450 e. The Balaban J connectivity index is 1.96. The summed E-state index contributed by atoms with van der Waals surface area (Å²) < 4.78 is 5.81. The fourth-order valence-corrected chi connectivity index (χ4v) is 4.64. The van der Waals surface area contributed by atoms with Crippen molar-refractivity contribution in [3.63, 3.8) is 0 Å². The molecule has 1 aromatic heterocycles. The zero-order valence-corrected chi connectivity index (χ0v) is 16.1. The molecule has 0 saturated heterocycles. The van der Waals surface area contributed by atoms with Gasteiger partial charge < -0.3 is 19.3 Å². The van der Waals surface area contributed by atoms with E-state index < -0.39 is 22.8 Å². The fourth-order valence-electron chi connectivity index (χ4n) is 4.47. The van der Waals surface area contributed by atoms with Gasteiger partial charge in [0.2, 0.25) is 5.76 Å². The lowest BCUT2D eigenvalue weighted by atomic mass is 9.84. The molecule has 0 bridgehead atoms. The zero-order valence-electron chi connectivity index (χ0n) is 15.3. The number of fused-ring (bicyclic) bond motifs is 5. The summed E-state index contributed by atoms with van der Waals surface area (Å²) in [5, 5.41) is 10.1. The van der Waals surface area contributed by atoms with Gasteiger partial charge in [-0.05, 0) is 24.3 Å². The van der Waals surface area contributed by atoms with E-state index in [1.165, 1.54) is 21.9 Å². The van der Waals surface area contributed by atoms with Crippen LogP contribution in [0.15, 0.2) is 51.7 Å². The minimum atomic E-state index is -1.68. The van der Waals surface area contributed by atoms with Crippen LogP contribution < -0.4 is 10.3 Å². The summed E-state index contributed by atoms with van der Waals surface area (Å²) in [4.78, 5) is 43.0. The van der Waals surface area contributed by atoms with Crippen LogP contribution in [0.1, 0.15) is 21.7 Å². The average molecular weight is 411 g/mol. The summed E-state index contributed by atoms with van der Waals surface area (Å²) in [6.45, 7) is -0.506. The van der Waals surface area contributed by atoms with Crippen molar-refractivity contribution < 1.29 is 19.1 Å². The SMILES string of the molecule is CN1C(=O)C2(c3ccccc31)c1c(oc3ccc(Cl)cc3c1=O)C(=O)N2CCO. The van der Waals surface area contributed by atoms with Gasteiger partial charge >= 0.3 is 0 Å². The first kappa shape index (κ1) is 17.9. The normalized spacial score (nSPS) is 20.1. The summed E-state index contributed by atoms with van der Waals surface area (Å²) >= 11 is 6.07. The molecule has 1 atom stereocenters. The third-order valence-corrected chi connectivity index (χ3v) is 5.89. The molecule has 29 heavy (non-hydrogen) atoms. The summed E-state index contributed by atoms with van der Waals surface area (Å²) in [5.74, 6) is -1.24. The molecule has 0 aliphatic carbocycles. The number of para-hydroxylation sites is 1. The summed E-state index contributed by atoms with van der Waals surface area (Å²) in [6, 6.07) is 11.5. The van der Waals surface area contributed by atoms with Crippen LogP contribution in [0.5, 0.6) is 0 Å². The van der Waals surface area contributed by atoms with Gasteiger partial charge in [-0.15, -0.1) is 0 Å². The van der Waals surface area contributed by atoms with E-state index in [1.54, 1.807) is 37.4 Å². The van der Waals surface area contributed by atoms with Crippen molar-refractivity contribution in [1.82, 2.24) is 4.90 Å². The first-order valence-electron chi connectivity index (χ1n) is 9.00. The van der Waals surface area contributed by atoms with Crippen LogP contribution in [0.25, 0.3) is 11.0 Å². The molecule has 2 aliphatic heterocycles. The smallest absolute Gasteiger partial charge is 0.291 e. The van der Waals surface area contributed by atoms with Crippen molar-refractivity contribution in [1.29, 1.82) is 0 Å². The highest BCUT2D eigenvalue weighted by Gasteiger charge is 2.64. The summed E-state index contributed by atoms with van der Waals surface area (Å²) in [6.07, 6.45) is 0. The van der Waals surface area contributed by atoms with Gasteiger partial charge in [-0.25, -0.2) is 0 Å². The van der Waals surface area contributed by atoms with E-state index in [-0.39, 0.29) is 35.4 Å². The highest BCUT2D eigenvalue weighted by Crippen LogP contribution is 2.51. The van der Waals surface area contributed by atoms with Gasteiger partial charge in [0.1, 0.15) is 5.58 Å². The number of aliphatic hydroxyl groups is 1. The molecule has 0 radical (unpaired) electrons. The van der Waals surface area contributed by atoms with Crippen LogP contribution in [0.3, 0.4) is 0 Å². The van der Waals surface area contributed by atoms with Crippen LogP contribution in [0.2, 0.25) is 5.02 Å². The van der Waals surface area contributed by atoms with Crippen molar-refractivity contribution in [2.45, 2.75) is 5.54 Å². The Labute approximate surface area is 169 Å². The minimum Gasteiger partial charge on any atom is -0.450 e. The molecule has 0 fully saturated rings. The van der Waals surface area contributed by atoms with Crippen LogP contribution in [0, 0.1) is 0 Å². The number of β-amino-alcohol motifs (C(OH)–C–C–N with tert-alkyl or cyclic N) is 1. The Morgan fingerprint density at radius 2 is 1.90 bits per heavy atom. The number of nitrogens with zero attached hydrogens (tertiary/aromatic N) is 2. The van der Waals surface area contributed by atoms with Gasteiger partial charge in [0.05, 0.1) is 17.6 Å². The number of rotatable bonds is 2. The van der Waals surface area contributed by atoms with Gasteiger partial charge in [0, 0.05) is 29.9 Å². The standard InChI is InChI=1S/C21H15ClN2O5/c1-23-14-5-3-2-4-13(14)21(20(23)28)16-17(26)12-10-11(22)6-7-15(12)29-18(16)19(27)24(21)8-9-25/h2-7,10,25H,8-9H2,1H3. The minimum absolute atomic E-state index is 0.0347. The van der Waals surface area contributed by atoms with E-state index in [1.807, 2.05) is 0 Å². The predicted molar refractivity (Wildman–Crippen MR) is 106 cm³/mol.